The molecule has 0 saturated carbocycles. The second-order valence-electron chi connectivity index (χ2n) is 5.38. The van der Waals surface area contributed by atoms with Gasteiger partial charge in [0.05, 0.1) is 7.11 Å². The average Bonchev–Trinajstić information content (AvgIpc) is 2.47. The van der Waals surface area contributed by atoms with Crippen LogP contribution in [0.1, 0.15) is 41.8 Å². The Morgan fingerprint density at radius 3 is 2.24 bits per heavy atom. The number of hydrogen-bond donors (Lipinski definition) is 2. The molecule has 0 aliphatic rings. The Hall–Kier alpha value is -2.04. The molecular weight excluding hydrogens is 268 g/mol. The Balaban J connectivity index is 2.99. The lowest BCUT2D eigenvalue weighted by Gasteiger charge is -2.22. The summed E-state index contributed by atoms with van der Waals surface area (Å²) < 4.78 is 4.76. The highest BCUT2D eigenvalue weighted by atomic mass is 16.5. The van der Waals surface area contributed by atoms with Crippen LogP contribution >= 0.6 is 0 Å². The van der Waals surface area contributed by atoms with E-state index in [-0.39, 0.29) is 11.8 Å². The molecule has 0 spiro atoms. The lowest BCUT2D eigenvalue weighted by Crippen LogP contribution is -2.45. The van der Waals surface area contributed by atoms with Crippen LogP contribution in [0.3, 0.4) is 0 Å². The number of hydrogen-bond acceptors (Lipinski definition) is 4. The highest BCUT2D eigenvalue weighted by Gasteiger charge is 2.27. The normalized spacial score (nSPS) is 13.4. The molecule has 5 nitrogen and oxygen atoms in total. The molecule has 1 amide bonds. The van der Waals surface area contributed by atoms with Gasteiger partial charge in [-0.25, -0.2) is 4.79 Å². The zero-order valence-electron chi connectivity index (χ0n) is 13.3. The summed E-state index contributed by atoms with van der Waals surface area (Å²) in [5.74, 6) is -0.726. The molecule has 0 saturated heterocycles. The largest absolute Gasteiger partial charge is 0.467 e. The SMILES string of the molecule is CCC(C)[C@@H](NC(=O)c1cc(C)c(N)c(C)c1)C(=O)OC. The molecule has 116 valence electrons. The Labute approximate surface area is 125 Å². The predicted octanol–water partition coefficient (Wildman–Crippen LogP) is 2.20. The van der Waals surface area contributed by atoms with Crippen LogP contribution in [0.25, 0.3) is 0 Å². The smallest absolute Gasteiger partial charge is 0.328 e. The number of nitrogens with one attached hydrogen (secondary N) is 1. The van der Waals surface area contributed by atoms with E-state index in [0.717, 1.165) is 17.5 Å². The summed E-state index contributed by atoms with van der Waals surface area (Å²) in [4.78, 5) is 24.2. The fourth-order valence-electron chi connectivity index (χ4n) is 2.13. The van der Waals surface area contributed by atoms with Gasteiger partial charge in [0.1, 0.15) is 6.04 Å². The molecule has 0 heterocycles. The predicted molar refractivity (Wildman–Crippen MR) is 83.1 cm³/mol. The van der Waals surface area contributed by atoms with Crippen molar-refractivity contribution in [3.63, 3.8) is 0 Å². The summed E-state index contributed by atoms with van der Waals surface area (Å²) in [5, 5.41) is 2.75. The lowest BCUT2D eigenvalue weighted by molar-refractivity contribution is -0.144. The van der Waals surface area contributed by atoms with Gasteiger partial charge in [0.2, 0.25) is 0 Å². The van der Waals surface area contributed by atoms with Gasteiger partial charge in [0.25, 0.3) is 5.91 Å². The van der Waals surface area contributed by atoms with E-state index in [1.807, 2.05) is 27.7 Å². The van der Waals surface area contributed by atoms with Crippen molar-refractivity contribution in [1.29, 1.82) is 0 Å². The number of rotatable bonds is 5. The van der Waals surface area contributed by atoms with E-state index in [2.05, 4.69) is 5.32 Å². The van der Waals surface area contributed by atoms with Gasteiger partial charge in [-0.2, -0.15) is 0 Å². The van der Waals surface area contributed by atoms with Crippen LogP contribution in [0.5, 0.6) is 0 Å². The van der Waals surface area contributed by atoms with E-state index in [1.165, 1.54) is 7.11 Å². The summed E-state index contributed by atoms with van der Waals surface area (Å²) in [7, 11) is 1.32. The van der Waals surface area contributed by atoms with Gasteiger partial charge in [-0.15, -0.1) is 0 Å². The number of nitrogen functional groups attached to an aromatic ring is 1. The summed E-state index contributed by atoms with van der Waals surface area (Å²) in [5.41, 5.74) is 8.75. The van der Waals surface area contributed by atoms with Crippen molar-refractivity contribution in [2.45, 2.75) is 40.2 Å². The monoisotopic (exact) mass is 292 g/mol. The number of aryl methyl sites for hydroxylation is 2. The molecule has 1 aromatic rings. The lowest BCUT2D eigenvalue weighted by atomic mass is 9.98. The van der Waals surface area contributed by atoms with Crippen molar-refractivity contribution in [3.8, 4) is 0 Å². The highest BCUT2D eigenvalue weighted by molar-refractivity contribution is 5.97. The van der Waals surface area contributed by atoms with Crippen molar-refractivity contribution in [3.05, 3.63) is 28.8 Å². The summed E-state index contributed by atoms with van der Waals surface area (Å²) in [6.07, 6.45) is 0.764. The van der Waals surface area contributed by atoms with Crippen molar-refractivity contribution >= 4 is 17.6 Å². The molecule has 1 aromatic carbocycles. The van der Waals surface area contributed by atoms with Crippen LogP contribution in [0.4, 0.5) is 5.69 Å². The molecule has 2 atom stereocenters. The third-order valence-corrected chi connectivity index (χ3v) is 3.81. The van der Waals surface area contributed by atoms with E-state index in [9.17, 15) is 9.59 Å². The van der Waals surface area contributed by atoms with Gasteiger partial charge in [-0.05, 0) is 43.0 Å². The van der Waals surface area contributed by atoms with Gasteiger partial charge < -0.3 is 15.8 Å². The first-order valence-corrected chi connectivity index (χ1v) is 7.07. The number of carbonyl (C=O) groups excluding carboxylic acids is 2. The molecule has 0 radical (unpaired) electrons. The van der Waals surface area contributed by atoms with E-state index in [0.29, 0.717) is 11.3 Å². The molecule has 5 heteroatoms. The van der Waals surface area contributed by atoms with Gasteiger partial charge in [-0.1, -0.05) is 20.3 Å². The van der Waals surface area contributed by atoms with Crippen LogP contribution in [-0.4, -0.2) is 25.0 Å². The number of amides is 1. The minimum Gasteiger partial charge on any atom is -0.467 e. The number of nitrogens with two attached hydrogens (primary N) is 1. The number of methoxy groups -OCH3 is 1. The Kier molecular flexibility index (Phi) is 5.76. The second-order valence-corrected chi connectivity index (χ2v) is 5.38. The molecule has 3 N–H and O–H groups in total. The summed E-state index contributed by atoms with van der Waals surface area (Å²) in [6.45, 7) is 7.57. The topological polar surface area (TPSA) is 81.4 Å². The summed E-state index contributed by atoms with van der Waals surface area (Å²) >= 11 is 0. The Morgan fingerprint density at radius 2 is 1.81 bits per heavy atom. The zero-order chi connectivity index (χ0) is 16.2. The van der Waals surface area contributed by atoms with Gasteiger partial charge in [0.15, 0.2) is 0 Å². The first-order chi connectivity index (χ1) is 9.81. The minimum absolute atomic E-state index is 0.00243. The zero-order valence-corrected chi connectivity index (χ0v) is 13.3. The number of ether oxygens (including phenoxy) is 1. The number of esters is 1. The molecule has 1 unspecified atom stereocenters. The van der Waals surface area contributed by atoms with Crippen molar-refractivity contribution in [2.75, 3.05) is 12.8 Å². The van der Waals surface area contributed by atoms with Crippen LogP contribution in [0, 0.1) is 19.8 Å². The van der Waals surface area contributed by atoms with E-state index < -0.39 is 12.0 Å². The summed E-state index contributed by atoms with van der Waals surface area (Å²) in [6, 6.07) is 2.80. The van der Waals surface area contributed by atoms with Crippen molar-refractivity contribution in [1.82, 2.24) is 5.32 Å². The fraction of sp³-hybridized carbons (Fsp3) is 0.500. The average molecular weight is 292 g/mol. The molecule has 21 heavy (non-hydrogen) atoms. The third-order valence-electron chi connectivity index (χ3n) is 3.81. The van der Waals surface area contributed by atoms with Crippen LogP contribution < -0.4 is 11.1 Å². The van der Waals surface area contributed by atoms with Gasteiger partial charge >= 0.3 is 5.97 Å². The minimum atomic E-state index is -0.648. The molecule has 0 bridgehead atoms. The maximum absolute atomic E-state index is 12.4. The maximum Gasteiger partial charge on any atom is 0.328 e. The maximum atomic E-state index is 12.4. The van der Waals surface area contributed by atoms with Crippen LogP contribution in [0.2, 0.25) is 0 Å². The third kappa shape index (κ3) is 3.97. The highest BCUT2D eigenvalue weighted by Crippen LogP contribution is 2.19. The van der Waals surface area contributed by atoms with Gasteiger partial charge in [0, 0.05) is 11.3 Å². The molecule has 0 aliphatic heterocycles. The molecule has 0 aromatic heterocycles. The van der Waals surface area contributed by atoms with Gasteiger partial charge in [-0.3, -0.25) is 4.79 Å². The number of anilines is 1. The van der Waals surface area contributed by atoms with Crippen molar-refractivity contribution in [2.24, 2.45) is 5.92 Å². The Morgan fingerprint density at radius 1 is 1.29 bits per heavy atom. The fourth-order valence-corrected chi connectivity index (χ4v) is 2.13. The molecule has 1 rings (SSSR count). The van der Waals surface area contributed by atoms with Crippen molar-refractivity contribution < 1.29 is 14.3 Å². The van der Waals surface area contributed by atoms with E-state index in [4.69, 9.17) is 10.5 Å². The molecule has 0 fully saturated rings. The van der Waals surface area contributed by atoms with Crippen LogP contribution in [0.15, 0.2) is 12.1 Å². The first-order valence-electron chi connectivity index (χ1n) is 7.07. The van der Waals surface area contributed by atoms with Crippen LogP contribution in [-0.2, 0) is 9.53 Å². The number of benzene rings is 1. The molecule has 0 aliphatic carbocycles. The quantitative estimate of drug-likeness (QED) is 0.644. The number of carbonyl (C=O) groups is 2. The first kappa shape index (κ1) is 17.0. The Bertz CT molecular complexity index is 517. The second kappa shape index (κ2) is 7.11. The standard InChI is InChI=1S/C16H24N2O3/c1-6-9(2)14(16(20)21-5)18-15(19)12-7-10(3)13(17)11(4)8-12/h7-9,14H,6,17H2,1-5H3,(H,18,19)/t9?,14-/m1/s1. The van der Waals surface area contributed by atoms with E-state index >= 15 is 0 Å². The van der Waals surface area contributed by atoms with E-state index in [1.54, 1.807) is 12.1 Å². The molecular formula is C16H24N2O3.